The molecule has 3 rings (SSSR count). The van der Waals surface area contributed by atoms with Gasteiger partial charge in [0.25, 0.3) is 0 Å². The Bertz CT molecular complexity index is 468. The quantitative estimate of drug-likeness (QED) is 0.886. The number of hydrogen-bond donors (Lipinski definition) is 1. The first-order chi connectivity index (χ1) is 9.65. The summed E-state index contributed by atoms with van der Waals surface area (Å²) in [6.07, 6.45) is 7.07. The van der Waals surface area contributed by atoms with E-state index in [1.54, 1.807) is 7.11 Å². The van der Waals surface area contributed by atoms with Crippen molar-refractivity contribution in [1.29, 1.82) is 0 Å². The van der Waals surface area contributed by atoms with E-state index in [9.17, 15) is 5.11 Å². The fourth-order valence-electron chi connectivity index (χ4n) is 4.42. The monoisotopic (exact) mass is 274 g/mol. The average molecular weight is 274 g/mol. The zero-order chi connectivity index (χ0) is 14.1. The second kappa shape index (κ2) is 5.77. The van der Waals surface area contributed by atoms with Crippen molar-refractivity contribution < 1.29 is 9.84 Å². The van der Waals surface area contributed by atoms with Crippen LogP contribution in [0.5, 0.6) is 5.75 Å². The van der Waals surface area contributed by atoms with Gasteiger partial charge >= 0.3 is 0 Å². The fourth-order valence-corrected chi connectivity index (χ4v) is 4.42. The van der Waals surface area contributed by atoms with E-state index in [0.29, 0.717) is 0 Å². The number of rotatable bonds is 5. The lowest BCUT2D eigenvalue weighted by molar-refractivity contribution is 0.124. The van der Waals surface area contributed by atoms with Gasteiger partial charge in [-0.2, -0.15) is 0 Å². The molecule has 0 heterocycles. The summed E-state index contributed by atoms with van der Waals surface area (Å²) in [5, 5.41) is 10.4. The number of fused-ring (bicyclic) bond motifs is 2. The van der Waals surface area contributed by atoms with Crippen LogP contribution in [0.4, 0.5) is 0 Å². The van der Waals surface area contributed by atoms with Gasteiger partial charge in [-0.25, -0.2) is 0 Å². The summed E-state index contributed by atoms with van der Waals surface area (Å²) < 4.78 is 5.41. The summed E-state index contributed by atoms with van der Waals surface area (Å²) in [7, 11) is 1.70. The maximum absolute atomic E-state index is 10.4. The van der Waals surface area contributed by atoms with Crippen LogP contribution in [0.25, 0.3) is 0 Å². The maximum atomic E-state index is 10.4. The first-order valence-electron chi connectivity index (χ1n) is 7.97. The van der Waals surface area contributed by atoms with E-state index >= 15 is 0 Å². The van der Waals surface area contributed by atoms with Crippen molar-refractivity contribution in [3.63, 3.8) is 0 Å². The second-order valence-electron chi connectivity index (χ2n) is 6.84. The number of aliphatic hydroxyl groups excluding tert-OH is 1. The van der Waals surface area contributed by atoms with Crippen molar-refractivity contribution in [1.82, 2.24) is 0 Å². The lowest BCUT2D eigenvalue weighted by Gasteiger charge is -2.24. The van der Waals surface area contributed by atoms with Crippen molar-refractivity contribution in [3.8, 4) is 5.75 Å². The number of ether oxygens (including phenoxy) is 1. The topological polar surface area (TPSA) is 29.5 Å². The minimum atomic E-state index is -0.227. The third-order valence-corrected chi connectivity index (χ3v) is 5.35. The highest BCUT2D eigenvalue weighted by atomic mass is 16.5. The molecular weight excluding hydrogens is 248 g/mol. The van der Waals surface area contributed by atoms with E-state index in [0.717, 1.165) is 41.9 Å². The highest BCUT2D eigenvalue weighted by Crippen LogP contribution is 2.50. The molecule has 20 heavy (non-hydrogen) atoms. The zero-order valence-electron chi connectivity index (χ0n) is 12.6. The second-order valence-corrected chi connectivity index (χ2v) is 6.84. The molecule has 2 nitrogen and oxygen atoms in total. The van der Waals surface area contributed by atoms with Crippen molar-refractivity contribution in [2.45, 2.75) is 51.6 Å². The summed E-state index contributed by atoms with van der Waals surface area (Å²) in [5.74, 6) is 3.53. The molecule has 4 unspecified atom stereocenters. The lowest BCUT2D eigenvalue weighted by atomic mass is 9.84. The molecule has 0 aromatic heterocycles. The normalized spacial score (nSPS) is 29.6. The number of aliphatic hydroxyl groups is 1. The fraction of sp³-hybridized carbons (Fsp3) is 0.667. The van der Waals surface area contributed by atoms with Gasteiger partial charge in [0, 0.05) is 6.42 Å². The summed E-state index contributed by atoms with van der Waals surface area (Å²) >= 11 is 0. The number of aryl methyl sites for hydroxylation is 1. The van der Waals surface area contributed by atoms with Gasteiger partial charge in [-0.05, 0) is 62.0 Å². The largest absolute Gasteiger partial charge is 0.496 e. The van der Waals surface area contributed by atoms with Gasteiger partial charge in [-0.3, -0.25) is 0 Å². The molecule has 0 amide bonds. The van der Waals surface area contributed by atoms with Crippen LogP contribution >= 0.6 is 0 Å². The van der Waals surface area contributed by atoms with Gasteiger partial charge in [0.15, 0.2) is 0 Å². The van der Waals surface area contributed by atoms with Crippen LogP contribution in [-0.4, -0.2) is 18.3 Å². The Labute approximate surface area is 122 Å². The third kappa shape index (κ3) is 2.85. The summed E-state index contributed by atoms with van der Waals surface area (Å²) in [4.78, 5) is 0. The molecule has 2 saturated carbocycles. The molecule has 0 radical (unpaired) electrons. The van der Waals surface area contributed by atoms with E-state index in [1.165, 1.54) is 31.2 Å². The molecule has 2 fully saturated rings. The van der Waals surface area contributed by atoms with Gasteiger partial charge in [0.2, 0.25) is 0 Å². The van der Waals surface area contributed by atoms with Crippen LogP contribution in [0.1, 0.15) is 43.2 Å². The van der Waals surface area contributed by atoms with Crippen LogP contribution in [0, 0.1) is 24.7 Å². The third-order valence-electron chi connectivity index (χ3n) is 5.35. The molecule has 1 aromatic carbocycles. The SMILES string of the molecule is COc1ccc(C)cc1CC(O)CC1CC2CCC1C2. The first kappa shape index (κ1) is 13.9. The molecule has 2 aliphatic carbocycles. The molecule has 2 heteroatoms. The van der Waals surface area contributed by atoms with E-state index < -0.39 is 0 Å². The van der Waals surface area contributed by atoms with E-state index in [4.69, 9.17) is 4.74 Å². The minimum absolute atomic E-state index is 0.227. The number of hydrogen-bond acceptors (Lipinski definition) is 2. The predicted octanol–water partition coefficient (Wildman–Crippen LogP) is 3.73. The highest BCUT2D eigenvalue weighted by molar-refractivity contribution is 5.37. The highest BCUT2D eigenvalue weighted by Gasteiger charge is 2.39. The molecule has 110 valence electrons. The van der Waals surface area contributed by atoms with Crippen LogP contribution in [-0.2, 0) is 6.42 Å². The van der Waals surface area contributed by atoms with Gasteiger partial charge in [0.1, 0.15) is 5.75 Å². The number of methoxy groups -OCH3 is 1. The Morgan fingerprint density at radius 2 is 2.15 bits per heavy atom. The minimum Gasteiger partial charge on any atom is -0.496 e. The Kier molecular flexibility index (Phi) is 4.02. The van der Waals surface area contributed by atoms with Gasteiger partial charge in [-0.1, -0.05) is 24.1 Å². The smallest absolute Gasteiger partial charge is 0.122 e. The molecule has 4 atom stereocenters. The number of benzene rings is 1. The lowest BCUT2D eigenvalue weighted by Crippen LogP contribution is -2.20. The molecule has 2 aliphatic rings. The standard InChI is InChI=1S/C18H26O2/c1-12-3-6-18(20-2)16(7-12)11-17(19)10-15-9-13-4-5-14(15)8-13/h3,6-7,13-15,17,19H,4-5,8-11H2,1-2H3. The van der Waals surface area contributed by atoms with Crippen LogP contribution < -0.4 is 4.74 Å². The van der Waals surface area contributed by atoms with Crippen molar-refractivity contribution in [2.75, 3.05) is 7.11 Å². The predicted molar refractivity (Wildman–Crippen MR) is 81.0 cm³/mol. The first-order valence-corrected chi connectivity index (χ1v) is 7.97. The van der Waals surface area contributed by atoms with Crippen LogP contribution in [0.15, 0.2) is 18.2 Å². The molecule has 0 aliphatic heterocycles. The van der Waals surface area contributed by atoms with Gasteiger partial charge in [-0.15, -0.1) is 0 Å². The molecule has 1 N–H and O–H groups in total. The van der Waals surface area contributed by atoms with Gasteiger partial charge in [0.05, 0.1) is 13.2 Å². The van der Waals surface area contributed by atoms with E-state index in [-0.39, 0.29) is 6.10 Å². The Balaban J connectivity index is 1.61. The van der Waals surface area contributed by atoms with E-state index in [1.807, 2.05) is 6.07 Å². The molecule has 0 spiro atoms. The summed E-state index contributed by atoms with van der Waals surface area (Å²) in [5.41, 5.74) is 2.37. The molecule has 1 aromatic rings. The summed E-state index contributed by atoms with van der Waals surface area (Å²) in [6.45, 7) is 2.09. The molecular formula is C18H26O2. The van der Waals surface area contributed by atoms with Crippen molar-refractivity contribution in [2.24, 2.45) is 17.8 Å². The molecule has 0 saturated heterocycles. The molecule has 2 bridgehead atoms. The van der Waals surface area contributed by atoms with Crippen LogP contribution in [0.2, 0.25) is 0 Å². The van der Waals surface area contributed by atoms with Crippen molar-refractivity contribution in [3.05, 3.63) is 29.3 Å². The Morgan fingerprint density at radius 1 is 1.30 bits per heavy atom. The maximum Gasteiger partial charge on any atom is 0.122 e. The Morgan fingerprint density at radius 3 is 2.80 bits per heavy atom. The van der Waals surface area contributed by atoms with Gasteiger partial charge < -0.3 is 9.84 Å². The Hall–Kier alpha value is -1.02. The van der Waals surface area contributed by atoms with Crippen LogP contribution in [0.3, 0.4) is 0 Å². The summed E-state index contributed by atoms with van der Waals surface area (Å²) in [6, 6.07) is 6.21. The van der Waals surface area contributed by atoms with E-state index in [2.05, 4.69) is 19.1 Å². The van der Waals surface area contributed by atoms with Crippen molar-refractivity contribution >= 4 is 0 Å². The zero-order valence-corrected chi connectivity index (χ0v) is 12.6. The average Bonchev–Trinajstić information content (AvgIpc) is 3.01.